The monoisotopic (exact) mass is 437 g/mol. The number of hydrogen-bond donors (Lipinski definition) is 0. The van der Waals surface area contributed by atoms with Gasteiger partial charge in [-0.1, -0.05) is 62.9 Å². The Morgan fingerprint density at radius 2 is 1.74 bits per heavy atom. The van der Waals surface area contributed by atoms with Gasteiger partial charge in [-0.2, -0.15) is 0 Å². The summed E-state index contributed by atoms with van der Waals surface area (Å²) in [5.41, 5.74) is 0.0699. The number of aryl methyl sites for hydroxylation is 1. The summed E-state index contributed by atoms with van der Waals surface area (Å²) < 4.78 is 8.34. The SMILES string of the molecule is Cn1c(=O)c2c(SCc3ncc(-c4ccccc4)o3)nc(C(C)(C)C)nc2n(C)c1=O. The van der Waals surface area contributed by atoms with E-state index >= 15 is 0 Å². The van der Waals surface area contributed by atoms with Crippen molar-refractivity contribution < 1.29 is 4.42 Å². The Balaban J connectivity index is 1.77. The molecule has 0 spiro atoms. The number of thioether (sulfide) groups is 1. The van der Waals surface area contributed by atoms with Crippen LogP contribution in [0, 0.1) is 0 Å². The zero-order chi connectivity index (χ0) is 22.3. The molecule has 4 aromatic rings. The largest absolute Gasteiger partial charge is 0.440 e. The molecule has 0 aliphatic rings. The van der Waals surface area contributed by atoms with Crippen LogP contribution in [-0.2, 0) is 25.3 Å². The Morgan fingerprint density at radius 1 is 1.03 bits per heavy atom. The van der Waals surface area contributed by atoms with Crippen molar-refractivity contribution in [3.63, 3.8) is 0 Å². The molecular formula is C22H23N5O3S. The van der Waals surface area contributed by atoms with E-state index in [0.717, 1.165) is 10.1 Å². The van der Waals surface area contributed by atoms with Gasteiger partial charge in [-0.05, 0) is 0 Å². The van der Waals surface area contributed by atoms with Crippen LogP contribution in [0.4, 0.5) is 0 Å². The number of oxazole rings is 1. The number of rotatable bonds is 4. The van der Waals surface area contributed by atoms with Gasteiger partial charge >= 0.3 is 5.69 Å². The number of hydrogen-bond acceptors (Lipinski definition) is 7. The molecule has 0 saturated carbocycles. The van der Waals surface area contributed by atoms with Gasteiger partial charge in [0, 0.05) is 25.1 Å². The average molecular weight is 438 g/mol. The van der Waals surface area contributed by atoms with Gasteiger partial charge < -0.3 is 4.42 Å². The van der Waals surface area contributed by atoms with E-state index in [2.05, 4.69) is 15.0 Å². The Morgan fingerprint density at radius 3 is 2.42 bits per heavy atom. The molecule has 9 heteroatoms. The highest BCUT2D eigenvalue weighted by Crippen LogP contribution is 2.30. The third-order valence-corrected chi connectivity index (χ3v) is 5.84. The van der Waals surface area contributed by atoms with E-state index in [-0.39, 0.29) is 5.41 Å². The topological polar surface area (TPSA) is 95.8 Å². The summed E-state index contributed by atoms with van der Waals surface area (Å²) in [7, 11) is 3.06. The minimum atomic E-state index is -0.424. The molecule has 0 unspecified atom stereocenters. The molecule has 1 aromatic carbocycles. The molecule has 4 rings (SSSR count). The van der Waals surface area contributed by atoms with Crippen LogP contribution in [-0.4, -0.2) is 24.1 Å². The predicted molar refractivity (Wildman–Crippen MR) is 120 cm³/mol. The van der Waals surface area contributed by atoms with Crippen LogP contribution in [0.1, 0.15) is 32.5 Å². The Hall–Kier alpha value is -3.20. The fourth-order valence-corrected chi connectivity index (χ4v) is 3.98. The van der Waals surface area contributed by atoms with Crippen LogP contribution in [0.25, 0.3) is 22.4 Å². The van der Waals surface area contributed by atoms with Gasteiger partial charge in [0.25, 0.3) is 5.56 Å². The molecule has 8 nitrogen and oxygen atoms in total. The van der Waals surface area contributed by atoms with Crippen LogP contribution >= 0.6 is 11.8 Å². The van der Waals surface area contributed by atoms with Gasteiger partial charge in [-0.25, -0.2) is 19.7 Å². The van der Waals surface area contributed by atoms with Crippen LogP contribution in [0.5, 0.6) is 0 Å². The van der Waals surface area contributed by atoms with Crippen molar-refractivity contribution in [3.05, 3.63) is 69.1 Å². The maximum atomic E-state index is 12.9. The van der Waals surface area contributed by atoms with E-state index in [1.165, 1.54) is 23.4 Å². The summed E-state index contributed by atoms with van der Waals surface area (Å²) in [5.74, 6) is 2.14. The second-order valence-corrected chi connectivity index (χ2v) is 9.24. The molecule has 0 N–H and O–H groups in total. The highest BCUT2D eigenvalue weighted by Gasteiger charge is 2.24. The number of fused-ring (bicyclic) bond motifs is 1. The molecule has 31 heavy (non-hydrogen) atoms. The van der Waals surface area contributed by atoms with Crippen LogP contribution in [0.2, 0.25) is 0 Å². The first-order valence-electron chi connectivity index (χ1n) is 9.78. The second kappa shape index (κ2) is 7.81. The molecule has 160 valence electrons. The van der Waals surface area contributed by atoms with Gasteiger partial charge in [0.15, 0.2) is 11.4 Å². The Labute approximate surface area is 183 Å². The minimum absolute atomic E-state index is 0.317. The lowest BCUT2D eigenvalue weighted by Crippen LogP contribution is -2.38. The van der Waals surface area contributed by atoms with Gasteiger partial charge in [-0.3, -0.25) is 13.9 Å². The van der Waals surface area contributed by atoms with Crippen LogP contribution in [0.3, 0.4) is 0 Å². The molecule has 0 saturated heterocycles. The molecule has 0 bridgehead atoms. The van der Waals surface area contributed by atoms with Crippen molar-refractivity contribution in [2.24, 2.45) is 14.1 Å². The lowest BCUT2D eigenvalue weighted by Gasteiger charge is -2.19. The molecule has 3 heterocycles. The highest BCUT2D eigenvalue weighted by atomic mass is 32.2. The van der Waals surface area contributed by atoms with Crippen molar-refractivity contribution >= 4 is 22.8 Å². The molecule has 0 radical (unpaired) electrons. The summed E-state index contributed by atoms with van der Waals surface area (Å²) in [6.07, 6.45) is 1.69. The smallest absolute Gasteiger partial charge is 0.332 e. The lowest BCUT2D eigenvalue weighted by atomic mass is 9.96. The van der Waals surface area contributed by atoms with Crippen LogP contribution in [0.15, 0.2) is 55.6 Å². The fraction of sp³-hybridized carbons (Fsp3) is 0.318. The van der Waals surface area contributed by atoms with E-state index in [0.29, 0.717) is 39.3 Å². The minimum Gasteiger partial charge on any atom is -0.440 e. The van der Waals surface area contributed by atoms with Gasteiger partial charge in [0.2, 0.25) is 5.89 Å². The second-order valence-electron chi connectivity index (χ2n) is 8.28. The molecule has 0 atom stereocenters. The first-order valence-corrected chi connectivity index (χ1v) is 10.8. The fourth-order valence-electron chi connectivity index (χ4n) is 3.11. The van der Waals surface area contributed by atoms with Crippen molar-refractivity contribution in [1.82, 2.24) is 24.1 Å². The van der Waals surface area contributed by atoms with E-state index in [9.17, 15) is 9.59 Å². The van der Waals surface area contributed by atoms with Crippen LogP contribution < -0.4 is 11.2 Å². The summed E-state index contributed by atoms with van der Waals surface area (Å²) in [6.45, 7) is 5.96. The molecule has 0 fully saturated rings. The quantitative estimate of drug-likeness (QED) is 0.357. The molecular weight excluding hydrogens is 414 g/mol. The maximum Gasteiger partial charge on any atom is 0.332 e. The predicted octanol–water partition coefficient (Wildman–Crippen LogP) is 3.27. The van der Waals surface area contributed by atoms with E-state index in [1.54, 1.807) is 13.2 Å². The third kappa shape index (κ3) is 3.93. The first-order chi connectivity index (χ1) is 14.7. The van der Waals surface area contributed by atoms with Gasteiger partial charge in [0.1, 0.15) is 16.2 Å². The zero-order valence-electron chi connectivity index (χ0n) is 18.0. The highest BCUT2D eigenvalue weighted by molar-refractivity contribution is 7.98. The molecule has 0 amide bonds. The standard InChI is InChI=1S/C22H23N5O3S/c1-22(2,3)20-24-17-16(19(28)27(5)21(29)26(17)4)18(25-20)31-12-15-23-11-14(30-15)13-9-7-6-8-10-13/h6-11H,12H2,1-5H3. The number of benzene rings is 1. The summed E-state index contributed by atoms with van der Waals surface area (Å²) in [5, 5.41) is 0.822. The van der Waals surface area contributed by atoms with Gasteiger partial charge in [-0.15, -0.1) is 0 Å². The summed E-state index contributed by atoms with van der Waals surface area (Å²) >= 11 is 1.34. The van der Waals surface area contributed by atoms with E-state index in [1.807, 2.05) is 51.1 Å². The number of aromatic nitrogens is 5. The molecule has 0 aliphatic carbocycles. The zero-order valence-corrected chi connectivity index (χ0v) is 18.9. The van der Waals surface area contributed by atoms with E-state index < -0.39 is 11.2 Å². The third-order valence-electron chi connectivity index (χ3n) is 4.88. The average Bonchev–Trinajstić information content (AvgIpc) is 3.23. The lowest BCUT2D eigenvalue weighted by molar-refractivity contribution is 0.529. The van der Waals surface area contributed by atoms with Gasteiger partial charge in [0.05, 0.1) is 11.9 Å². The summed E-state index contributed by atoms with van der Waals surface area (Å²) in [6, 6.07) is 9.72. The molecule has 0 aliphatic heterocycles. The summed E-state index contributed by atoms with van der Waals surface area (Å²) in [4.78, 5) is 38.9. The van der Waals surface area contributed by atoms with Crippen molar-refractivity contribution in [3.8, 4) is 11.3 Å². The normalized spacial score (nSPS) is 11.9. The Kier molecular flexibility index (Phi) is 5.30. The Bertz CT molecular complexity index is 1380. The van der Waals surface area contributed by atoms with Crippen molar-refractivity contribution in [2.75, 3.05) is 0 Å². The van der Waals surface area contributed by atoms with Crippen molar-refractivity contribution in [1.29, 1.82) is 0 Å². The van der Waals surface area contributed by atoms with E-state index in [4.69, 9.17) is 4.42 Å². The molecule has 3 aromatic heterocycles. The van der Waals surface area contributed by atoms with Crippen molar-refractivity contribution in [2.45, 2.75) is 37.0 Å². The number of nitrogens with zero attached hydrogens (tertiary/aromatic N) is 5. The first kappa shape index (κ1) is 21.0. The maximum absolute atomic E-state index is 12.9.